The Morgan fingerprint density at radius 1 is 1.26 bits per heavy atom. The highest BCUT2D eigenvalue weighted by molar-refractivity contribution is 7.18. The average Bonchev–Trinajstić information content (AvgIpc) is 3.07. The van der Waals surface area contributed by atoms with Crippen LogP contribution in [0.15, 0.2) is 18.2 Å². The number of aromatic nitrogens is 1. The number of nitrogens with zero attached hydrogens (tertiary/aromatic N) is 2. The standard InChI is InChI=1S/C19H24N4O3S/c1-4-8-19(9-5-2)17(25)23(18(26)22-19)11-16(24)21-13-6-7-14-15(10-13)27-12(3)20-14/h6-7,10H,4-5,8-9,11H2,1-3H3,(H,21,24)(H,22,26). The molecule has 144 valence electrons. The van der Waals surface area contributed by atoms with Gasteiger partial charge >= 0.3 is 6.03 Å². The number of imide groups is 1. The van der Waals surface area contributed by atoms with E-state index in [9.17, 15) is 14.4 Å². The summed E-state index contributed by atoms with van der Waals surface area (Å²) in [7, 11) is 0. The van der Waals surface area contributed by atoms with Crippen molar-refractivity contribution in [2.24, 2.45) is 0 Å². The number of nitrogens with one attached hydrogen (secondary N) is 2. The van der Waals surface area contributed by atoms with Crippen LogP contribution in [-0.2, 0) is 9.59 Å². The van der Waals surface area contributed by atoms with E-state index >= 15 is 0 Å². The Hall–Kier alpha value is -2.48. The average molecular weight is 388 g/mol. The molecule has 2 aromatic rings. The molecule has 0 atom stereocenters. The number of anilines is 1. The Balaban J connectivity index is 1.70. The van der Waals surface area contributed by atoms with Crippen LogP contribution in [0.2, 0.25) is 0 Å². The fourth-order valence-electron chi connectivity index (χ4n) is 3.60. The molecule has 4 amide bonds. The first-order chi connectivity index (χ1) is 12.9. The van der Waals surface area contributed by atoms with E-state index in [0.717, 1.165) is 33.0 Å². The number of hydrogen-bond donors (Lipinski definition) is 2. The third kappa shape index (κ3) is 3.80. The molecule has 0 saturated carbocycles. The van der Waals surface area contributed by atoms with Crippen LogP contribution in [0.1, 0.15) is 44.5 Å². The molecule has 0 unspecified atom stereocenters. The van der Waals surface area contributed by atoms with Crippen LogP contribution < -0.4 is 10.6 Å². The summed E-state index contributed by atoms with van der Waals surface area (Å²) >= 11 is 1.55. The van der Waals surface area contributed by atoms with Crippen molar-refractivity contribution in [2.45, 2.75) is 52.0 Å². The van der Waals surface area contributed by atoms with Crippen LogP contribution in [0.5, 0.6) is 0 Å². The number of aryl methyl sites for hydroxylation is 1. The van der Waals surface area contributed by atoms with Crippen molar-refractivity contribution in [1.82, 2.24) is 15.2 Å². The Kier molecular flexibility index (Phi) is 5.46. The first kappa shape index (κ1) is 19.3. The second-order valence-electron chi connectivity index (χ2n) is 6.87. The Morgan fingerprint density at radius 3 is 2.63 bits per heavy atom. The molecule has 0 radical (unpaired) electrons. The highest BCUT2D eigenvalue weighted by atomic mass is 32.1. The van der Waals surface area contributed by atoms with E-state index in [1.165, 1.54) is 0 Å². The first-order valence-electron chi connectivity index (χ1n) is 9.19. The minimum atomic E-state index is -0.875. The molecule has 7 nitrogen and oxygen atoms in total. The maximum absolute atomic E-state index is 12.8. The maximum atomic E-state index is 12.8. The van der Waals surface area contributed by atoms with Gasteiger partial charge in [-0.2, -0.15) is 0 Å². The Labute approximate surface area is 162 Å². The van der Waals surface area contributed by atoms with Gasteiger partial charge in [0, 0.05) is 5.69 Å². The fraction of sp³-hybridized carbons (Fsp3) is 0.474. The molecular weight excluding hydrogens is 364 g/mol. The van der Waals surface area contributed by atoms with Gasteiger partial charge in [0.25, 0.3) is 5.91 Å². The minimum Gasteiger partial charge on any atom is -0.324 e. The summed E-state index contributed by atoms with van der Waals surface area (Å²) in [5.74, 6) is -0.706. The van der Waals surface area contributed by atoms with Crippen molar-refractivity contribution in [3.63, 3.8) is 0 Å². The molecule has 2 N–H and O–H groups in total. The number of amides is 4. The van der Waals surface area contributed by atoms with E-state index in [4.69, 9.17) is 0 Å². The molecule has 2 heterocycles. The molecule has 1 fully saturated rings. The summed E-state index contributed by atoms with van der Waals surface area (Å²) in [5.41, 5.74) is 0.630. The lowest BCUT2D eigenvalue weighted by molar-refractivity contribution is -0.134. The summed E-state index contributed by atoms with van der Waals surface area (Å²) in [6.45, 7) is 5.59. The predicted molar refractivity (Wildman–Crippen MR) is 106 cm³/mol. The van der Waals surface area contributed by atoms with Crippen LogP contribution in [-0.4, -0.2) is 39.8 Å². The molecule has 0 spiro atoms. The lowest BCUT2D eigenvalue weighted by atomic mass is 9.88. The third-order valence-electron chi connectivity index (χ3n) is 4.68. The highest BCUT2D eigenvalue weighted by Gasteiger charge is 2.50. The van der Waals surface area contributed by atoms with Crippen molar-refractivity contribution in [1.29, 1.82) is 0 Å². The molecule has 1 aliphatic heterocycles. The molecule has 0 aliphatic carbocycles. The van der Waals surface area contributed by atoms with Crippen LogP contribution in [0.25, 0.3) is 10.2 Å². The van der Waals surface area contributed by atoms with Crippen molar-refractivity contribution >= 4 is 45.1 Å². The SMILES string of the molecule is CCCC1(CCC)NC(=O)N(CC(=O)Nc2ccc3nc(C)sc3c2)C1=O. The number of urea groups is 1. The molecule has 1 aliphatic rings. The van der Waals surface area contributed by atoms with Crippen LogP contribution >= 0.6 is 11.3 Å². The zero-order chi connectivity index (χ0) is 19.6. The smallest absolute Gasteiger partial charge is 0.324 e. The second kappa shape index (κ2) is 7.64. The van der Waals surface area contributed by atoms with E-state index in [1.54, 1.807) is 17.4 Å². The predicted octanol–water partition coefficient (Wildman–Crippen LogP) is 3.43. The van der Waals surface area contributed by atoms with Gasteiger partial charge in [-0.25, -0.2) is 9.78 Å². The van der Waals surface area contributed by atoms with E-state index in [-0.39, 0.29) is 12.5 Å². The normalized spacial score (nSPS) is 16.0. The lowest BCUT2D eigenvalue weighted by Gasteiger charge is -2.25. The van der Waals surface area contributed by atoms with Crippen LogP contribution in [0, 0.1) is 6.92 Å². The lowest BCUT2D eigenvalue weighted by Crippen LogP contribution is -2.47. The number of thiazole rings is 1. The van der Waals surface area contributed by atoms with Gasteiger partial charge in [-0.05, 0) is 38.0 Å². The summed E-state index contributed by atoms with van der Waals surface area (Å²) in [6, 6.07) is 4.97. The number of fused-ring (bicyclic) bond motifs is 1. The molecule has 1 aromatic heterocycles. The zero-order valence-corrected chi connectivity index (χ0v) is 16.6. The summed E-state index contributed by atoms with van der Waals surface area (Å²) < 4.78 is 0.977. The van der Waals surface area contributed by atoms with Crippen molar-refractivity contribution in [3.8, 4) is 0 Å². The van der Waals surface area contributed by atoms with Gasteiger partial charge in [-0.15, -0.1) is 11.3 Å². The summed E-state index contributed by atoms with van der Waals surface area (Å²) in [6.07, 6.45) is 2.70. The molecule has 8 heteroatoms. The number of carbonyl (C=O) groups excluding carboxylic acids is 3. The van der Waals surface area contributed by atoms with E-state index in [2.05, 4.69) is 15.6 Å². The second-order valence-corrected chi connectivity index (χ2v) is 8.10. The first-order valence-corrected chi connectivity index (χ1v) is 10.0. The molecule has 27 heavy (non-hydrogen) atoms. The largest absolute Gasteiger partial charge is 0.325 e. The van der Waals surface area contributed by atoms with Gasteiger partial charge in [0.2, 0.25) is 5.91 Å². The molecule has 1 saturated heterocycles. The van der Waals surface area contributed by atoms with Gasteiger partial charge in [0.05, 0.1) is 15.2 Å². The van der Waals surface area contributed by atoms with E-state index < -0.39 is 17.5 Å². The van der Waals surface area contributed by atoms with Crippen molar-refractivity contribution < 1.29 is 14.4 Å². The minimum absolute atomic E-state index is 0.292. The topological polar surface area (TPSA) is 91.4 Å². The quantitative estimate of drug-likeness (QED) is 0.711. The fourth-order valence-corrected chi connectivity index (χ4v) is 4.47. The van der Waals surface area contributed by atoms with Gasteiger partial charge in [-0.1, -0.05) is 26.7 Å². The summed E-state index contributed by atoms with van der Waals surface area (Å²) in [5, 5.41) is 6.54. The Morgan fingerprint density at radius 2 is 1.96 bits per heavy atom. The zero-order valence-electron chi connectivity index (χ0n) is 15.8. The van der Waals surface area contributed by atoms with Gasteiger partial charge in [0.1, 0.15) is 12.1 Å². The van der Waals surface area contributed by atoms with Crippen LogP contribution in [0.4, 0.5) is 10.5 Å². The van der Waals surface area contributed by atoms with E-state index in [1.807, 2.05) is 32.9 Å². The van der Waals surface area contributed by atoms with Gasteiger partial charge in [0.15, 0.2) is 0 Å². The number of benzene rings is 1. The van der Waals surface area contributed by atoms with E-state index in [0.29, 0.717) is 18.5 Å². The molecular formula is C19H24N4O3S. The third-order valence-corrected chi connectivity index (χ3v) is 5.61. The monoisotopic (exact) mass is 388 g/mol. The number of rotatable bonds is 7. The summed E-state index contributed by atoms with van der Waals surface area (Å²) in [4.78, 5) is 43.0. The highest BCUT2D eigenvalue weighted by Crippen LogP contribution is 2.28. The molecule has 3 rings (SSSR count). The van der Waals surface area contributed by atoms with Crippen LogP contribution in [0.3, 0.4) is 0 Å². The molecule has 1 aromatic carbocycles. The van der Waals surface area contributed by atoms with Gasteiger partial charge < -0.3 is 10.6 Å². The Bertz CT molecular complexity index is 886. The number of hydrogen-bond acceptors (Lipinski definition) is 5. The van der Waals surface area contributed by atoms with Gasteiger partial charge in [-0.3, -0.25) is 14.5 Å². The maximum Gasteiger partial charge on any atom is 0.325 e. The van der Waals surface area contributed by atoms with Crippen molar-refractivity contribution in [3.05, 3.63) is 23.2 Å². The number of carbonyl (C=O) groups is 3. The molecule has 0 bridgehead atoms. The van der Waals surface area contributed by atoms with Crippen molar-refractivity contribution in [2.75, 3.05) is 11.9 Å².